The number of rotatable bonds is 15. The minimum Gasteiger partial charge on any atom is -0.490 e. The van der Waals surface area contributed by atoms with E-state index in [2.05, 4.69) is 80.5 Å². The standard InChI is InChI=1S/C31H40N2O2/c1-4-6-10-24-34-26(3)11-8-7-9-12-27-13-17-30(18-14-27)33-22-21-29(25-32-33)28-15-19-31(20-16-28)35-23-5-2/h5,9,12-22,25-26,32H,2,4,6-8,10-11,23-24H2,1,3H3/b12-9+. The first-order valence-corrected chi connectivity index (χ1v) is 12.9. The molecule has 0 aromatic heterocycles. The van der Waals surface area contributed by atoms with E-state index in [-0.39, 0.29) is 0 Å². The second-order valence-electron chi connectivity index (χ2n) is 8.85. The van der Waals surface area contributed by atoms with Crippen molar-refractivity contribution >= 4 is 17.3 Å². The van der Waals surface area contributed by atoms with Gasteiger partial charge in [-0.2, -0.15) is 0 Å². The Morgan fingerprint density at radius 1 is 1.03 bits per heavy atom. The number of hydrogen-bond donors (Lipinski definition) is 1. The van der Waals surface area contributed by atoms with Crippen LogP contribution in [0.5, 0.6) is 5.75 Å². The molecule has 1 unspecified atom stereocenters. The minimum atomic E-state index is 0.356. The molecule has 0 aliphatic carbocycles. The highest BCUT2D eigenvalue weighted by molar-refractivity contribution is 5.76. The molecule has 1 heterocycles. The van der Waals surface area contributed by atoms with Crippen molar-refractivity contribution in [3.8, 4) is 5.75 Å². The van der Waals surface area contributed by atoms with Crippen LogP contribution in [0.4, 0.5) is 5.69 Å². The molecule has 1 N–H and O–H groups in total. The fourth-order valence-electron chi connectivity index (χ4n) is 3.83. The first kappa shape index (κ1) is 26.4. The van der Waals surface area contributed by atoms with Gasteiger partial charge in [0.1, 0.15) is 12.4 Å². The van der Waals surface area contributed by atoms with Crippen LogP contribution in [0, 0.1) is 0 Å². The van der Waals surface area contributed by atoms with Gasteiger partial charge >= 0.3 is 0 Å². The second-order valence-corrected chi connectivity index (χ2v) is 8.85. The highest BCUT2D eigenvalue weighted by atomic mass is 16.5. The molecule has 0 bridgehead atoms. The normalized spacial score (nSPS) is 14.0. The summed E-state index contributed by atoms with van der Waals surface area (Å²) in [7, 11) is 0. The van der Waals surface area contributed by atoms with E-state index < -0.39 is 0 Å². The molecule has 0 amide bonds. The van der Waals surface area contributed by atoms with Crippen LogP contribution in [-0.4, -0.2) is 19.3 Å². The summed E-state index contributed by atoms with van der Waals surface area (Å²) in [5.41, 5.74) is 7.92. The third-order valence-corrected chi connectivity index (χ3v) is 5.93. The molecule has 0 saturated carbocycles. The predicted octanol–water partition coefficient (Wildman–Crippen LogP) is 7.91. The minimum absolute atomic E-state index is 0.356. The Kier molecular flexibility index (Phi) is 11.2. The van der Waals surface area contributed by atoms with Crippen LogP contribution >= 0.6 is 0 Å². The van der Waals surface area contributed by atoms with Crippen LogP contribution in [-0.2, 0) is 4.74 Å². The fraction of sp³-hybridized carbons (Fsp3) is 0.355. The highest BCUT2D eigenvalue weighted by Gasteiger charge is 2.08. The zero-order valence-electron chi connectivity index (χ0n) is 21.3. The van der Waals surface area contributed by atoms with Crippen LogP contribution in [0.3, 0.4) is 0 Å². The largest absolute Gasteiger partial charge is 0.490 e. The number of anilines is 1. The average Bonchev–Trinajstić information content (AvgIpc) is 2.90. The number of unbranched alkanes of at least 4 members (excludes halogenated alkanes) is 3. The van der Waals surface area contributed by atoms with Gasteiger partial charge in [-0.1, -0.05) is 68.8 Å². The number of nitrogens with zero attached hydrogens (tertiary/aromatic N) is 1. The lowest BCUT2D eigenvalue weighted by Gasteiger charge is -2.24. The maximum absolute atomic E-state index is 5.88. The Balaban J connectivity index is 1.40. The lowest BCUT2D eigenvalue weighted by atomic mass is 10.1. The van der Waals surface area contributed by atoms with Crippen molar-refractivity contribution in [1.29, 1.82) is 0 Å². The summed E-state index contributed by atoms with van der Waals surface area (Å²) in [6, 6.07) is 16.7. The molecule has 1 atom stereocenters. The van der Waals surface area contributed by atoms with Gasteiger partial charge in [0.05, 0.1) is 11.8 Å². The number of hydrazine groups is 1. The van der Waals surface area contributed by atoms with Crippen LogP contribution in [0.25, 0.3) is 11.6 Å². The molecule has 3 rings (SSSR count). The van der Waals surface area contributed by atoms with E-state index in [1.807, 2.05) is 29.5 Å². The molecular weight excluding hydrogens is 432 g/mol. The molecule has 0 saturated heterocycles. The van der Waals surface area contributed by atoms with Gasteiger partial charge < -0.3 is 14.9 Å². The van der Waals surface area contributed by atoms with Gasteiger partial charge in [0.2, 0.25) is 0 Å². The summed E-state index contributed by atoms with van der Waals surface area (Å²) in [5.74, 6) is 0.846. The summed E-state index contributed by atoms with van der Waals surface area (Å²) in [5, 5.41) is 2.01. The molecule has 186 valence electrons. The third kappa shape index (κ3) is 9.14. The molecular formula is C31H40N2O2. The van der Waals surface area contributed by atoms with E-state index in [0.29, 0.717) is 12.7 Å². The van der Waals surface area contributed by atoms with Crippen LogP contribution in [0.15, 0.2) is 85.7 Å². The fourth-order valence-corrected chi connectivity index (χ4v) is 3.83. The number of allylic oxidation sites excluding steroid dienone is 3. The first-order chi connectivity index (χ1) is 17.2. The zero-order chi connectivity index (χ0) is 24.7. The lowest BCUT2D eigenvalue weighted by Crippen LogP contribution is -2.30. The van der Waals surface area contributed by atoms with Gasteiger partial charge in [0, 0.05) is 24.6 Å². The maximum atomic E-state index is 5.88. The second kappa shape index (κ2) is 14.9. The van der Waals surface area contributed by atoms with E-state index in [4.69, 9.17) is 9.47 Å². The Labute approximate surface area is 211 Å². The van der Waals surface area contributed by atoms with Gasteiger partial charge in [0.25, 0.3) is 0 Å². The quantitative estimate of drug-likeness (QED) is 0.211. The molecule has 4 heteroatoms. The summed E-state index contributed by atoms with van der Waals surface area (Å²) in [4.78, 5) is 0. The van der Waals surface area contributed by atoms with Crippen LogP contribution in [0.2, 0.25) is 0 Å². The van der Waals surface area contributed by atoms with E-state index >= 15 is 0 Å². The summed E-state index contributed by atoms with van der Waals surface area (Å²) in [6.45, 7) is 9.50. The van der Waals surface area contributed by atoms with Gasteiger partial charge in [-0.25, -0.2) is 0 Å². The van der Waals surface area contributed by atoms with Gasteiger partial charge in [0.15, 0.2) is 0 Å². The molecule has 4 nitrogen and oxygen atoms in total. The molecule has 2 aromatic carbocycles. The third-order valence-electron chi connectivity index (χ3n) is 5.93. The van der Waals surface area contributed by atoms with E-state index in [0.717, 1.165) is 48.4 Å². The first-order valence-electron chi connectivity index (χ1n) is 12.9. The Bertz CT molecular complexity index is 974. The topological polar surface area (TPSA) is 33.7 Å². The monoisotopic (exact) mass is 472 g/mol. The molecule has 0 fully saturated rings. The lowest BCUT2D eigenvalue weighted by molar-refractivity contribution is 0.0566. The van der Waals surface area contributed by atoms with Crippen molar-refractivity contribution in [2.24, 2.45) is 0 Å². The maximum Gasteiger partial charge on any atom is 0.119 e. The zero-order valence-corrected chi connectivity index (χ0v) is 21.3. The number of ether oxygens (including phenoxy) is 2. The Hall–Kier alpha value is -3.24. The smallest absolute Gasteiger partial charge is 0.119 e. The molecule has 35 heavy (non-hydrogen) atoms. The van der Waals surface area contributed by atoms with Gasteiger partial charge in [-0.15, -0.1) is 0 Å². The predicted molar refractivity (Wildman–Crippen MR) is 149 cm³/mol. The van der Waals surface area contributed by atoms with Crippen molar-refractivity contribution in [3.05, 3.63) is 96.9 Å². The number of nitrogens with one attached hydrogen (secondary N) is 1. The molecule has 1 aliphatic heterocycles. The Morgan fingerprint density at radius 2 is 1.83 bits per heavy atom. The van der Waals surface area contributed by atoms with Crippen molar-refractivity contribution in [3.63, 3.8) is 0 Å². The molecule has 1 aliphatic rings. The Morgan fingerprint density at radius 3 is 2.51 bits per heavy atom. The molecule has 0 spiro atoms. The van der Waals surface area contributed by atoms with Crippen molar-refractivity contribution in [2.75, 3.05) is 18.2 Å². The van der Waals surface area contributed by atoms with Gasteiger partial charge in [-0.05, 0) is 74.1 Å². The molecule has 0 radical (unpaired) electrons. The number of hydrogen-bond acceptors (Lipinski definition) is 4. The summed E-state index contributed by atoms with van der Waals surface area (Å²) in [6.07, 6.45) is 19.8. The van der Waals surface area contributed by atoms with Crippen molar-refractivity contribution in [2.45, 2.75) is 58.5 Å². The van der Waals surface area contributed by atoms with E-state index in [1.165, 1.54) is 24.8 Å². The summed E-state index contributed by atoms with van der Waals surface area (Å²) < 4.78 is 11.4. The SMILES string of the molecule is C=CCOc1ccc(C2=CNN(c3ccc(/C=C/CCCC(C)OCCCCC)cc3)C=C2)cc1. The summed E-state index contributed by atoms with van der Waals surface area (Å²) >= 11 is 0. The highest BCUT2D eigenvalue weighted by Crippen LogP contribution is 2.24. The molecule has 2 aromatic rings. The van der Waals surface area contributed by atoms with E-state index in [9.17, 15) is 0 Å². The van der Waals surface area contributed by atoms with Crippen molar-refractivity contribution < 1.29 is 9.47 Å². The average molecular weight is 473 g/mol. The van der Waals surface area contributed by atoms with E-state index in [1.54, 1.807) is 6.08 Å². The van der Waals surface area contributed by atoms with Gasteiger partial charge in [-0.3, -0.25) is 5.01 Å². The van der Waals surface area contributed by atoms with Crippen molar-refractivity contribution in [1.82, 2.24) is 5.43 Å². The number of benzene rings is 2. The van der Waals surface area contributed by atoms with Crippen LogP contribution in [0.1, 0.15) is 63.5 Å². The van der Waals surface area contributed by atoms with Crippen LogP contribution < -0.4 is 15.2 Å².